The third kappa shape index (κ3) is 3.82. The molecule has 0 saturated heterocycles. The van der Waals surface area contributed by atoms with E-state index >= 15 is 0 Å². The molecule has 3 aromatic carbocycles. The smallest absolute Gasteiger partial charge is 0.256 e. The van der Waals surface area contributed by atoms with Gasteiger partial charge in [-0.15, -0.1) is 0 Å². The van der Waals surface area contributed by atoms with E-state index in [2.05, 4.69) is 21.2 Å². The Hall–Kier alpha value is -2.99. The summed E-state index contributed by atoms with van der Waals surface area (Å²) >= 11 is 3.22. The largest absolute Gasteiger partial charge is 0.489 e. The van der Waals surface area contributed by atoms with Crippen LogP contribution in [0.25, 0.3) is 11.6 Å². The molecule has 0 saturated carbocycles. The zero-order valence-corrected chi connectivity index (χ0v) is 16.1. The molecule has 140 valence electrons. The maximum atomic E-state index is 13.9. The van der Waals surface area contributed by atoms with Crippen molar-refractivity contribution in [2.24, 2.45) is 0 Å². The van der Waals surface area contributed by atoms with Gasteiger partial charge in [-0.2, -0.15) is 0 Å². The number of halogens is 3. The lowest BCUT2D eigenvalue weighted by molar-refractivity contribution is -0.110. The van der Waals surface area contributed by atoms with Crippen molar-refractivity contribution in [2.75, 3.05) is 5.32 Å². The van der Waals surface area contributed by atoms with Gasteiger partial charge in [0.1, 0.15) is 24.0 Å². The fraction of sp³-hybridized carbons (Fsp3) is 0.0455. The molecule has 0 unspecified atom stereocenters. The molecule has 3 aromatic rings. The maximum Gasteiger partial charge on any atom is 0.256 e. The molecule has 0 spiro atoms. The third-order valence-corrected chi connectivity index (χ3v) is 4.84. The Labute approximate surface area is 168 Å². The topological polar surface area (TPSA) is 38.3 Å². The van der Waals surface area contributed by atoms with Gasteiger partial charge in [-0.3, -0.25) is 4.79 Å². The quantitative estimate of drug-likeness (QED) is 0.519. The van der Waals surface area contributed by atoms with Crippen LogP contribution in [-0.4, -0.2) is 5.91 Å². The zero-order chi connectivity index (χ0) is 19.7. The molecule has 28 heavy (non-hydrogen) atoms. The van der Waals surface area contributed by atoms with Gasteiger partial charge in [0, 0.05) is 26.9 Å². The Balaban J connectivity index is 1.57. The number of carbonyl (C=O) groups is 1. The number of benzene rings is 3. The van der Waals surface area contributed by atoms with Crippen LogP contribution in [0.4, 0.5) is 14.5 Å². The molecule has 0 radical (unpaired) electrons. The lowest BCUT2D eigenvalue weighted by Gasteiger charge is -2.08. The van der Waals surface area contributed by atoms with Gasteiger partial charge in [-0.05, 0) is 54.1 Å². The first-order chi connectivity index (χ1) is 13.5. The van der Waals surface area contributed by atoms with Crippen molar-refractivity contribution in [1.82, 2.24) is 0 Å². The van der Waals surface area contributed by atoms with Crippen molar-refractivity contribution < 1.29 is 18.3 Å². The summed E-state index contributed by atoms with van der Waals surface area (Å²) in [6, 6.07) is 16.0. The lowest BCUT2D eigenvalue weighted by Crippen LogP contribution is -2.03. The fourth-order valence-corrected chi connectivity index (χ4v) is 3.30. The van der Waals surface area contributed by atoms with Crippen LogP contribution in [0, 0.1) is 11.6 Å². The molecule has 1 heterocycles. The molecule has 0 bridgehead atoms. The van der Waals surface area contributed by atoms with Gasteiger partial charge in [-0.1, -0.05) is 34.1 Å². The molecular formula is C22H14BrF2NO2. The Bertz CT molecular complexity index is 1110. The van der Waals surface area contributed by atoms with Gasteiger partial charge in [0.25, 0.3) is 5.91 Å². The zero-order valence-electron chi connectivity index (χ0n) is 14.5. The molecule has 4 rings (SSSR count). The van der Waals surface area contributed by atoms with Crippen molar-refractivity contribution in [3.63, 3.8) is 0 Å². The van der Waals surface area contributed by atoms with Crippen LogP contribution < -0.4 is 10.1 Å². The monoisotopic (exact) mass is 441 g/mol. The minimum absolute atomic E-state index is 0.0771. The summed E-state index contributed by atoms with van der Waals surface area (Å²) in [4.78, 5) is 12.2. The number of fused-ring (bicyclic) bond motifs is 1. The molecule has 0 aliphatic carbocycles. The summed E-state index contributed by atoms with van der Waals surface area (Å²) < 4.78 is 33.8. The minimum atomic E-state index is -0.408. The van der Waals surface area contributed by atoms with Gasteiger partial charge >= 0.3 is 0 Å². The van der Waals surface area contributed by atoms with E-state index in [0.29, 0.717) is 32.6 Å². The van der Waals surface area contributed by atoms with Crippen LogP contribution in [0.15, 0.2) is 65.1 Å². The Morgan fingerprint density at radius 2 is 1.89 bits per heavy atom. The number of nitrogens with one attached hydrogen (secondary N) is 1. The van der Waals surface area contributed by atoms with Crippen LogP contribution in [0.5, 0.6) is 5.75 Å². The number of anilines is 1. The van der Waals surface area contributed by atoms with Crippen molar-refractivity contribution >= 4 is 39.2 Å². The molecule has 0 fully saturated rings. The van der Waals surface area contributed by atoms with Gasteiger partial charge in [0.15, 0.2) is 0 Å². The first-order valence-corrected chi connectivity index (χ1v) is 9.29. The second-order valence-corrected chi connectivity index (χ2v) is 7.21. The van der Waals surface area contributed by atoms with Crippen LogP contribution in [0.2, 0.25) is 0 Å². The summed E-state index contributed by atoms with van der Waals surface area (Å²) in [5, 5.41) is 2.72. The summed E-state index contributed by atoms with van der Waals surface area (Å²) in [6.07, 6.45) is 1.67. The van der Waals surface area contributed by atoms with Gasteiger partial charge in [0.2, 0.25) is 0 Å². The second-order valence-electron chi connectivity index (χ2n) is 6.30. The van der Waals surface area contributed by atoms with Crippen LogP contribution >= 0.6 is 15.9 Å². The number of amides is 1. The molecule has 0 aromatic heterocycles. The van der Waals surface area contributed by atoms with Gasteiger partial charge in [-0.25, -0.2) is 8.78 Å². The average Bonchev–Trinajstić information content (AvgIpc) is 2.96. The predicted molar refractivity (Wildman–Crippen MR) is 108 cm³/mol. The molecule has 6 heteroatoms. The van der Waals surface area contributed by atoms with Crippen molar-refractivity contribution in [3.05, 3.63) is 93.5 Å². The number of hydrogen-bond acceptors (Lipinski definition) is 2. The molecule has 1 N–H and O–H groups in total. The standard InChI is InChI=1S/C22H14BrF2NO2/c23-15-5-4-14(20(25)10-15)12-28-17-3-1-2-13(8-17)9-19-18-11-16(24)6-7-21(18)26-22(19)27/h1-11H,12H2,(H,26,27)/b19-9-. The summed E-state index contributed by atoms with van der Waals surface area (Å²) in [5.74, 6) is -0.512. The molecule has 3 nitrogen and oxygen atoms in total. The number of ether oxygens (including phenoxy) is 1. The Morgan fingerprint density at radius 3 is 2.71 bits per heavy atom. The van der Waals surface area contributed by atoms with Crippen LogP contribution in [0.3, 0.4) is 0 Å². The SMILES string of the molecule is O=C1Nc2ccc(F)cc2/C1=C/c1cccc(OCc2ccc(Br)cc2F)c1. The normalized spacial score (nSPS) is 14.1. The Morgan fingerprint density at radius 1 is 1.04 bits per heavy atom. The summed E-state index contributed by atoms with van der Waals surface area (Å²) in [6.45, 7) is 0.0771. The Kier molecular flexibility index (Phi) is 4.96. The summed E-state index contributed by atoms with van der Waals surface area (Å²) in [5.41, 5.74) is 2.64. The average molecular weight is 442 g/mol. The minimum Gasteiger partial charge on any atom is -0.489 e. The second kappa shape index (κ2) is 7.56. The molecular weight excluding hydrogens is 428 g/mol. The van der Waals surface area contributed by atoms with E-state index in [1.807, 2.05) is 6.07 Å². The van der Waals surface area contributed by atoms with E-state index in [4.69, 9.17) is 4.74 Å². The van der Waals surface area contributed by atoms with Crippen molar-refractivity contribution in [3.8, 4) is 5.75 Å². The number of hydrogen-bond donors (Lipinski definition) is 1. The van der Waals surface area contributed by atoms with Crippen LogP contribution in [0.1, 0.15) is 16.7 Å². The van der Waals surface area contributed by atoms with E-state index in [0.717, 1.165) is 5.56 Å². The maximum absolute atomic E-state index is 13.9. The summed E-state index contributed by atoms with van der Waals surface area (Å²) in [7, 11) is 0. The predicted octanol–water partition coefficient (Wildman–Crippen LogP) is 5.80. The third-order valence-electron chi connectivity index (χ3n) is 4.34. The first kappa shape index (κ1) is 18.4. The molecule has 1 amide bonds. The van der Waals surface area contributed by atoms with Crippen LogP contribution in [-0.2, 0) is 11.4 Å². The first-order valence-electron chi connectivity index (χ1n) is 8.49. The van der Waals surface area contributed by atoms with Gasteiger partial charge < -0.3 is 10.1 Å². The van der Waals surface area contributed by atoms with E-state index in [-0.39, 0.29) is 18.3 Å². The van der Waals surface area contributed by atoms with Crippen molar-refractivity contribution in [2.45, 2.75) is 6.61 Å². The highest BCUT2D eigenvalue weighted by molar-refractivity contribution is 9.10. The van der Waals surface area contributed by atoms with E-state index in [1.165, 1.54) is 24.3 Å². The molecule has 1 aliphatic heterocycles. The number of rotatable bonds is 4. The highest BCUT2D eigenvalue weighted by Gasteiger charge is 2.24. The highest BCUT2D eigenvalue weighted by Crippen LogP contribution is 2.34. The van der Waals surface area contributed by atoms with Crippen molar-refractivity contribution in [1.29, 1.82) is 0 Å². The molecule has 0 atom stereocenters. The van der Waals surface area contributed by atoms with Gasteiger partial charge in [0.05, 0.1) is 0 Å². The fourth-order valence-electron chi connectivity index (χ4n) is 2.96. The van der Waals surface area contributed by atoms with E-state index < -0.39 is 5.82 Å². The molecule has 1 aliphatic rings. The number of carbonyl (C=O) groups excluding carboxylic acids is 1. The highest BCUT2D eigenvalue weighted by atomic mass is 79.9. The van der Waals surface area contributed by atoms with E-state index in [1.54, 1.807) is 36.4 Å². The lowest BCUT2D eigenvalue weighted by atomic mass is 10.0. The van der Waals surface area contributed by atoms with E-state index in [9.17, 15) is 13.6 Å².